The molecule has 0 atom stereocenters. The molecule has 0 aromatic carbocycles. The van der Waals surface area contributed by atoms with Crippen molar-refractivity contribution in [2.75, 3.05) is 0 Å². The molecule has 0 aromatic heterocycles. The fraction of sp³-hybridized carbons (Fsp3) is 0.667. The van der Waals surface area contributed by atoms with E-state index in [0.29, 0.717) is 12.2 Å². The molecule has 0 spiro atoms. The van der Waals surface area contributed by atoms with E-state index in [4.69, 9.17) is 10.2 Å². The van der Waals surface area contributed by atoms with Crippen molar-refractivity contribution in [1.82, 2.24) is 0 Å². The Kier molecular flexibility index (Phi) is 16.8. The van der Waals surface area contributed by atoms with Crippen molar-refractivity contribution in [3.63, 3.8) is 0 Å². The van der Waals surface area contributed by atoms with Crippen LogP contribution in [0.1, 0.15) is 45.4 Å². The third-order valence-corrected chi connectivity index (χ3v) is 3.02. The maximum Gasteiger partial charge on any atom is 0.328 e. The van der Waals surface area contributed by atoms with E-state index < -0.39 is 11.9 Å². The van der Waals surface area contributed by atoms with E-state index in [1.165, 1.54) is 61.8 Å². The van der Waals surface area contributed by atoms with E-state index in [9.17, 15) is 9.59 Å². The van der Waals surface area contributed by atoms with Crippen LogP contribution in [0.15, 0.2) is 12.2 Å². The number of carbonyl (C=O) groups is 2. The Balaban J connectivity index is 0. The maximum absolute atomic E-state index is 9.55. The molecule has 0 aliphatic carbocycles. The third-order valence-electron chi connectivity index (χ3n) is 1.97. The quantitative estimate of drug-likeness (QED) is 0.410. The van der Waals surface area contributed by atoms with Gasteiger partial charge in [0.1, 0.15) is 0 Å². The smallest absolute Gasteiger partial charge is 0.328 e. The predicted molar refractivity (Wildman–Crippen MR) is 62.6 cm³/mol. The number of unbranched alkanes of at least 4 members (excludes halogenated alkanes) is 5. The van der Waals surface area contributed by atoms with Gasteiger partial charge in [0.05, 0.1) is 0 Å². The Morgan fingerprint density at radius 3 is 1.71 bits per heavy atom. The second-order valence-corrected chi connectivity index (χ2v) is 5.11. The predicted octanol–water partition coefficient (Wildman–Crippen LogP) is 3.02. The summed E-state index contributed by atoms with van der Waals surface area (Å²) in [5, 5.41) is 17.1. The molecule has 0 radical (unpaired) electrons. The van der Waals surface area contributed by atoms with Gasteiger partial charge in [0.25, 0.3) is 0 Å². The molecule has 0 unspecified atom stereocenters. The third kappa shape index (κ3) is 25.5. The van der Waals surface area contributed by atoms with Crippen LogP contribution in [0, 0.1) is 0 Å². The molecule has 0 saturated carbocycles. The van der Waals surface area contributed by atoms with Crippen LogP contribution in [0.2, 0.25) is 5.02 Å². The summed E-state index contributed by atoms with van der Waals surface area (Å²) >= 11 is 1.49. The van der Waals surface area contributed by atoms with Gasteiger partial charge in [0.2, 0.25) is 0 Å². The van der Waals surface area contributed by atoms with Gasteiger partial charge >= 0.3 is 80.7 Å². The van der Waals surface area contributed by atoms with Crippen LogP contribution in [0.4, 0.5) is 0 Å². The van der Waals surface area contributed by atoms with E-state index in [-0.39, 0.29) is 0 Å². The van der Waals surface area contributed by atoms with Crippen LogP contribution >= 0.6 is 0 Å². The zero-order chi connectivity index (χ0) is 13.5. The summed E-state index contributed by atoms with van der Waals surface area (Å²) in [7, 11) is 0. The summed E-state index contributed by atoms with van der Waals surface area (Å²) in [5.74, 6) is -2.51. The molecule has 2 N–H and O–H groups in total. The first kappa shape index (κ1) is 18.7. The van der Waals surface area contributed by atoms with Crippen LogP contribution in [0.5, 0.6) is 0 Å². The van der Waals surface area contributed by atoms with Gasteiger partial charge in [-0.15, -0.1) is 0 Å². The average Bonchev–Trinajstić information content (AvgIpc) is 2.27. The second kappa shape index (κ2) is 15.3. The number of hydrogen-bond donors (Lipinski definition) is 2. The molecule has 0 saturated heterocycles. The second-order valence-electron chi connectivity index (χ2n) is 3.63. The minimum atomic E-state index is -1.26. The van der Waals surface area contributed by atoms with Crippen LogP contribution < -0.4 is 0 Å². The molecule has 0 fully saturated rings. The molecule has 5 heteroatoms. The first-order chi connectivity index (χ1) is 8.04. The topological polar surface area (TPSA) is 74.6 Å². The van der Waals surface area contributed by atoms with Gasteiger partial charge in [-0.25, -0.2) is 9.59 Å². The number of carboxylic acid groups (broad SMARTS) is 2. The molecular weight excluding hydrogens is 274 g/mol. The van der Waals surface area contributed by atoms with Gasteiger partial charge in [0, 0.05) is 12.2 Å². The molecule has 0 rings (SSSR count). The van der Waals surface area contributed by atoms with Crippen molar-refractivity contribution in [2.24, 2.45) is 0 Å². The molecule has 0 heterocycles. The zero-order valence-electron chi connectivity index (χ0n) is 10.5. The summed E-state index contributed by atoms with van der Waals surface area (Å²) in [4.78, 5) is 19.1. The molecule has 4 nitrogen and oxygen atoms in total. The van der Waals surface area contributed by atoms with E-state index >= 15 is 0 Å². The molecular formula is C12H21O4Zn. The first-order valence-corrected chi connectivity index (χ1v) is 8.07. The van der Waals surface area contributed by atoms with E-state index in [1.807, 2.05) is 0 Å². The van der Waals surface area contributed by atoms with Crippen LogP contribution in [0.25, 0.3) is 0 Å². The molecule has 0 aliphatic heterocycles. The van der Waals surface area contributed by atoms with Crippen molar-refractivity contribution in [1.29, 1.82) is 0 Å². The Hall–Kier alpha value is -0.697. The SMILES string of the molecule is CCCCCCC[CH2][Zn].O=C(O)/C=C\C(=O)O. The van der Waals surface area contributed by atoms with Crippen LogP contribution in [-0.2, 0) is 27.9 Å². The number of hydrogen-bond acceptors (Lipinski definition) is 2. The minimum Gasteiger partial charge on any atom is -0.478 e. The molecule has 0 bridgehead atoms. The fourth-order valence-corrected chi connectivity index (χ4v) is 1.84. The average molecular weight is 295 g/mol. The van der Waals surface area contributed by atoms with Crippen molar-refractivity contribution in [3.8, 4) is 0 Å². The standard InChI is InChI=1S/C8H17.C4H4O4.Zn/c1-3-5-7-8-6-4-2;5-3(6)1-2-4(7)8;/h1,3-8H2,2H3;1-2H,(H,5,6)(H,7,8);/b;2-1-;. The van der Waals surface area contributed by atoms with Crippen molar-refractivity contribution < 1.29 is 38.1 Å². The van der Waals surface area contributed by atoms with Gasteiger partial charge in [0.15, 0.2) is 0 Å². The molecule has 0 amide bonds. The number of rotatable bonds is 8. The van der Waals surface area contributed by atoms with Gasteiger partial charge in [-0.1, -0.05) is 0 Å². The first-order valence-electron chi connectivity index (χ1n) is 5.97. The molecule has 17 heavy (non-hydrogen) atoms. The molecule has 0 aromatic rings. The summed E-state index contributed by atoms with van der Waals surface area (Å²) < 4.78 is 0. The van der Waals surface area contributed by atoms with E-state index in [2.05, 4.69) is 6.92 Å². The molecule has 0 aliphatic rings. The van der Waals surface area contributed by atoms with Crippen LogP contribution in [-0.4, -0.2) is 22.2 Å². The summed E-state index contributed by atoms with van der Waals surface area (Å²) in [6.45, 7) is 2.27. The summed E-state index contributed by atoms with van der Waals surface area (Å²) in [6, 6.07) is 0. The van der Waals surface area contributed by atoms with Gasteiger partial charge in [-0.3, -0.25) is 0 Å². The summed E-state index contributed by atoms with van der Waals surface area (Å²) in [5.41, 5.74) is 0. The van der Waals surface area contributed by atoms with E-state index in [0.717, 1.165) is 0 Å². The Morgan fingerprint density at radius 2 is 1.35 bits per heavy atom. The normalized spacial score (nSPS) is 9.82. The Bertz CT molecular complexity index is 205. The van der Waals surface area contributed by atoms with Gasteiger partial charge < -0.3 is 10.2 Å². The van der Waals surface area contributed by atoms with Crippen molar-refractivity contribution in [3.05, 3.63) is 12.2 Å². The maximum atomic E-state index is 9.55. The van der Waals surface area contributed by atoms with Crippen LogP contribution in [0.3, 0.4) is 0 Å². The van der Waals surface area contributed by atoms with Gasteiger partial charge in [-0.05, 0) is 0 Å². The van der Waals surface area contributed by atoms with Gasteiger partial charge in [-0.2, -0.15) is 0 Å². The monoisotopic (exact) mass is 293 g/mol. The largest absolute Gasteiger partial charge is 0.478 e. The number of carboxylic acids is 2. The summed E-state index contributed by atoms with van der Waals surface area (Å²) in [6.07, 6.45) is 9.86. The zero-order valence-corrected chi connectivity index (χ0v) is 13.5. The Morgan fingerprint density at radius 1 is 0.941 bits per heavy atom. The Labute approximate surface area is 113 Å². The fourth-order valence-electron chi connectivity index (χ4n) is 1.10. The molecule has 95 valence electrons. The minimum absolute atomic E-state index is 0.558. The van der Waals surface area contributed by atoms with Crippen molar-refractivity contribution >= 4 is 11.9 Å². The van der Waals surface area contributed by atoms with E-state index in [1.54, 1.807) is 0 Å². The number of aliphatic carboxylic acids is 2. The van der Waals surface area contributed by atoms with Crippen molar-refractivity contribution in [2.45, 2.75) is 50.5 Å².